The maximum absolute atomic E-state index is 12.7. The number of hydrogen-bond donors (Lipinski definition) is 0. The average Bonchev–Trinajstić information content (AvgIpc) is 3.08. The average molecular weight is 417 g/mol. The van der Waals surface area contributed by atoms with Crippen LogP contribution in [0.2, 0.25) is 0 Å². The van der Waals surface area contributed by atoms with Gasteiger partial charge in [-0.3, -0.25) is 14.7 Å². The summed E-state index contributed by atoms with van der Waals surface area (Å²) in [4.78, 5) is 21.5. The fourth-order valence-corrected chi connectivity index (χ4v) is 4.49. The van der Waals surface area contributed by atoms with Crippen molar-refractivity contribution in [2.75, 3.05) is 20.1 Å². The molecule has 0 radical (unpaired) electrons. The normalized spacial score (nSPS) is 24.4. The van der Waals surface area contributed by atoms with Gasteiger partial charge in [0.2, 0.25) is 5.91 Å². The van der Waals surface area contributed by atoms with Gasteiger partial charge in [-0.1, -0.05) is 12.8 Å². The molecule has 1 saturated heterocycles. The van der Waals surface area contributed by atoms with Gasteiger partial charge >= 0.3 is 0 Å². The number of hydrogen-bond acceptors (Lipinski definition) is 3. The number of rotatable bonds is 4. The fourth-order valence-electron chi connectivity index (χ4n) is 4.08. The van der Waals surface area contributed by atoms with Gasteiger partial charge < -0.3 is 4.90 Å². The summed E-state index contributed by atoms with van der Waals surface area (Å²) in [6.45, 7) is 2.41. The van der Waals surface area contributed by atoms with E-state index in [9.17, 15) is 4.79 Å². The Labute approximate surface area is 159 Å². The summed E-state index contributed by atoms with van der Waals surface area (Å²) in [5.41, 5.74) is 0.977. The van der Waals surface area contributed by atoms with Gasteiger partial charge in [-0.2, -0.15) is 0 Å². The van der Waals surface area contributed by atoms with Gasteiger partial charge in [-0.25, -0.2) is 0 Å². The largest absolute Gasteiger partial charge is 0.341 e. The van der Waals surface area contributed by atoms with Crippen molar-refractivity contribution in [1.82, 2.24) is 14.8 Å². The highest BCUT2D eigenvalue weighted by Crippen LogP contribution is 2.29. The number of nitrogens with zero attached hydrogens (tertiary/aromatic N) is 3. The van der Waals surface area contributed by atoms with Gasteiger partial charge in [0, 0.05) is 36.0 Å². The lowest BCUT2D eigenvalue weighted by atomic mass is 9.88. The Balaban J connectivity index is 0.00000208. The van der Waals surface area contributed by atoms with Crippen molar-refractivity contribution in [2.45, 2.75) is 57.0 Å². The van der Waals surface area contributed by atoms with E-state index in [2.05, 4.69) is 25.8 Å². The number of carbonyl (C=O) groups excluding carboxylic acids is 1. The maximum atomic E-state index is 12.7. The Kier molecular flexibility index (Phi) is 7.51. The van der Waals surface area contributed by atoms with Crippen molar-refractivity contribution in [3.8, 4) is 0 Å². The van der Waals surface area contributed by atoms with Crippen LogP contribution in [0.3, 0.4) is 0 Å². The van der Waals surface area contributed by atoms with Crippen molar-refractivity contribution < 1.29 is 4.79 Å². The molecule has 0 N–H and O–H groups in total. The number of aromatic nitrogens is 1. The first-order valence-electron chi connectivity index (χ1n) is 8.74. The van der Waals surface area contributed by atoms with Crippen LogP contribution in [-0.4, -0.2) is 52.9 Å². The van der Waals surface area contributed by atoms with Gasteiger partial charge in [0.05, 0.1) is 6.42 Å². The molecule has 2 unspecified atom stereocenters. The zero-order valence-electron chi connectivity index (χ0n) is 14.3. The molecule has 2 atom stereocenters. The zero-order valence-corrected chi connectivity index (χ0v) is 16.7. The number of halogens is 2. The minimum atomic E-state index is 0. The minimum Gasteiger partial charge on any atom is -0.341 e. The summed E-state index contributed by atoms with van der Waals surface area (Å²) in [5, 5.41) is 0. The van der Waals surface area contributed by atoms with Crippen LogP contribution in [0.25, 0.3) is 0 Å². The van der Waals surface area contributed by atoms with E-state index < -0.39 is 0 Å². The van der Waals surface area contributed by atoms with Crippen molar-refractivity contribution in [1.29, 1.82) is 0 Å². The number of likely N-dealkylation sites (N-methyl/N-ethyl adjacent to an activating group) is 1. The minimum absolute atomic E-state index is 0. The summed E-state index contributed by atoms with van der Waals surface area (Å²) in [7, 11) is 1.99. The monoisotopic (exact) mass is 415 g/mol. The van der Waals surface area contributed by atoms with E-state index in [0.29, 0.717) is 18.5 Å². The van der Waals surface area contributed by atoms with E-state index in [1.54, 1.807) is 12.4 Å². The topological polar surface area (TPSA) is 36.4 Å². The molecule has 6 heteroatoms. The summed E-state index contributed by atoms with van der Waals surface area (Å²) in [6, 6.07) is 2.91. The molecule has 2 fully saturated rings. The lowest BCUT2D eigenvalue weighted by Crippen LogP contribution is -2.53. The second kappa shape index (κ2) is 9.16. The van der Waals surface area contributed by atoms with Crippen LogP contribution < -0.4 is 0 Å². The van der Waals surface area contributed by atoms with Crippen LogP contribution in [-0.2, 0) is 11.2 Å². The molecule has 1 aromatic rings. The summed E-state index contributed by atoms with van der Waals surface area (Å²) < 4.78 is 0.929. The van der Waals surface area contributed by atoms with Gasteiger partial charge in [0.15, 0.2) is 0 Å². The molecule has 1 aromatic heterocycles. The lowest BCUT2D eigenvalue weighted by molar-refractivity contribution is -0.133. The standard InChI is InChI=1S/C18H26BrN3O.ClH/c1-21(18(23)11-14-10-15(19)13-20-12-14)16-6-2-3-7-17(16)22-8-4-5-9-22;/h10,12-13,16-17H,2-9,11H2,1H3;1H. The second-order valence-corrected chi connectivity index (χ2v) is 7.77. The molecule has 4 nitrogen and oxygen atoms in total. The molecular formula is C18H27BrClN3O. The van der Waals surface area contributed by atoms with Crippen LogP contribution in [0.1, 0.15) is 44.1 Å². The van der Waals surface area contributed by atoms with Crippen LogP contribution in [0.15, 0.2) is 22.9 Å². The van der Waals surface area contributed by atoms with Crippen LogP contribution in [0.5, 0.6) is 0 Å². The molecule has 2 aliphatic rings. The van der Waals surface area contributed by atoms with E-state index >= 15 is 0 Å². The Hall–Kier alpha value is -0.650. The van der Waals surface area contributed by atoms with Gasteiger partial charge in [-0.15, -0.1) is 12.4 Å². The Morgan fingerprint density at radius 2 is 1.96 bits per heavy atom. The first-order chi connectivity index (χ1) is 11.1. The number of amides is 1. The fraction of sp³-hybridized carbons (Fsp3) is 0.667. The molecule has 0 aromatic carbocycles. The molecule has 24 heavy (non-hydrogen) atoms. The maximum Gasteiger partial charge on any atom is 0.227 e. The third-order valence-corrected chi connectivity index (χ3v) is 5.74. The van der Waals surface area contributed by atoms with Crippen LogP contribution >= 0.6 is 28.3 Å². The highest BCUT2D eigenvalue weighted by Gasteiger charge is 2.35. The summed E-state index contributed by atoms with van der Waals surface area (Å²) in [5.74, 6) is 0.209. The smallest absolute Gasteiger partial charge is 0.227 e. The third-order valence-electron chi connectivity index (χ3n) is 5.31. The molecule has 134 valence electrons. The van der Waals surface area contributed by atoms with Crippen molar-refractivity contribution >= 4 is 34.2 Å². The second-order valence-electron chi connectivity index (χ2n) is 6.86. The Bertz CT molecular complexity index is 551. The highest BCUT2D eigenvalue weighted by atomic mass is 79.9. The van der Waals surface area contributed by atoms with Crippen LogP contribution in [0, 0.1) is 0 Å². The van der Waals surface area contributed by atoms with Crippen molar-refractivity contribution in [3.05, 3.63) is 28.5 Å². The highest BCUT2D eigenvalue weighted by molar-refractivity contribution is 9.10. The lowest BCUT2D eigenvalue weighted by Gasteiger charge is -2.42. The molecule has 0 bridgehead atoms. The predicted molar refractivity (Wildman–Crippen MR) is 103 cm³/mol. The molecule has 0 spiro atoms. The van der Waals surface area contributed by atoms with E-state index in [1.165, 1.54) is 45.2 Å². The van der Waals surface area contributed by atoms with E-state index in [1.807, 2.05) is 18.0 Å². The van der Waals surface area contributed by atoms with E-state index in [4.69, 9.17) is 0 Å². The summed E-state index contributed by atoms with van der Waals surface area (Å²) >= 11 is 3.43. The Morgan fingerprint density at radius 1 is 1.25 bits per heavy atom. The molecule has 1 aliphatic carbocycles. The Morgan fingerprint density at radius 3 is 2.67 bits per heavy atom. The first-order valence-corrected chi connectivity index (χ1v) is 9.53. The quantitative estimate of drug-likeness (QED) is 0.751. The number of likely N-dealkylation sites (tertiary alicyclic amines) is 1. The number of carbonyl (C=O) groups is 1. The van der Waals surface area contributed by atoms with Crippen molar-refractivity contribution in [2.24, 2.45) is 0 Å². The van der Waals surface area contributed by atoms with Crippen molar-refractivity contribution in [3.63, 3.8) is 0 Å². The third kappa shape index (κ3) is 4.70. The zero-order chi connectivity index (χ0) is 16.2. The molecule has 1 aliphatic heterocycles. The molecule has 3 rings (SSSR count). The van der Waals surface area contributed by atoms with E-state index in [-0.39, 0.29) is 18.3 Å². The molecule has 1 amide bonds. The van der Waals surface area contributed by atoms with Gasteiger partial charge in [0.1, 0.15) is 0 Å². The summed E-state index contributed by atoms with van der Waals surface area (Å²) in [6.07, 6.45) is 11.5. The SMILES string of the molecule is CN(C(=O)Cc1cncc(Br)c1)C1CCCCC1N1CCCC1.Cl. The molecule has 1 saturated carbocycles. The van der Waals surface area contributed by atoms with Crippen LogP contribution in [0.4, 0.5) is 0 Å². The van der Waals surface area contributed by atoms with Gasteiger partial charge in [0.25, 0.3) is 0 Å². The molecular weight excluding hydrogens is 390 g/mol. The van der Waals surface area contributed by atoms with E-state index in [0.717, 1.165) is 16.5 Å². The van der Waals surface area contributed by atoms with Gasteiger partial charge in [-0.05, 0) is 66.3 Å². The first kappa shape index (κ1) is 19.7. The molecule has 2 heterocycles. The number of pyridine rings is 1. The predicted octanol–water partition coefficient (Wildman–Crippen LogP) is 3.67.